The Labute approximate surface area is 199 Å². The number of fused-ring (bicyclic) bond motifs is 1. The summed E-state index contributed by atoms with van der Waals surface area (Å²) < 4.78 is 33.5. The number of hydrogen-bond acceptors (Lipinski definition) is 4. The molecule has 0 saturated heterocycles. The average molecular weight is 478 g/mol. The molecule has 0 aliphatic carbocycles. The number of aromatic nitrogens is 1. The number of carbonyl (C=O) groups excluding carboxylic acids is 1. The fraction of sp³-hybridized carbons (Fsp3) is 0.192. The molecule has 2 N–H and O–H groups in total. The average Bonchev–Trinajstić information content (AvgIpc) is 3.24. The van der Waals surface area contributed by atoms with Crippen molar-refractivity contribution in [3.05, 3.63) is 84.1 Å². The van der Waals surface area contributed by atoms with Gasteiger partial charge in [0, 0.05) is 23.6 Å². The minimum Gasteiger partial charge on any atom is -0.495 e. The van der Waals surface area contributed by atoms with Gasteiger partial charge < -0.3 is 15.0 Å². The molecule has 1 aromatic heterocycles. The van der Waals surface area contributed by atoms with Crippen molar-refractivity contribution in [1.82, 2.24) is 4.98 Å². The molecule has 0 bridgehead atoms. The van der Waals surface area contributed by atoms with Gasteiger partial charge in [0.05, 0.1) is 29.8 Å². The first kappa shape index (κ1) is 23.4. The number of amides is 1. The van der Waals surface area contributed by atoms with Gasteiger partial charge in [0.15, 0.2) is 0 Å². The molecule has 0 unspecified atom stereocenters. The van der Waals surface area contributed by atoms with E-state index in [4.69, 9.17) is 4.74 Å². The highest BCUT2D eigenvalue weighted by Crippen LogP contribution is 2.31. The quantitative estimate of drug-likeness (QED) is 0.378. The van der Waals surface area contributed by atoms with E-state index in [-0.39, 0.29) is 23.8 Å². The van der Waals surface area contributed by atoms with Crippen molar-refractivity contribution >= 4 is 38.2 Å². The van der Waals surface area contributed by atoms with Crippen LogP contribution in [-0.2, 0) is 21.2 Å². The van der Waals surface area contributed by atoms with E-state index in [1.54, 1.807) is 37.3 Å². The van der Waals surface area contributed by atoms with Gasteiger partial charge >= 0.3 is 0 Å². The summed E-state index contributed by atoms with van der Waals surface area (Å²) in [5.41, 5.74) is 3.78. The first-order valence-electron chi connectivity index (χ1n) is 11.0. The highest BCUT2D eigenvalue weighted by molar-refractivity contribution is 7.92. The molecule has 3 aromatic carbocycles. The summed E-state index contributed by atoms with van der Waals surface area (Å²) in [7, 11) is -2.37. The number of hydrogen-bond donors (Lipinski definition) is 2. The molecule has 0 fully saturated rings. The van der Waals surface area contributed by atoms with Gasteiger partial charge in [0.25, 0.3) is 10.0 Å². The fourth-order valence-electron chi connectivity index (χ4n) is 4.12. The minimum atomic E-state index is -3.85. The predicted octanol–water partition coefficient (Wildman–Crippen LogP) is 4.88. The van der Waals surface area contributed by atoms with Gasteiger partial charge in [-0.05, 0) is 61.4 Å². The van der Waals surface area contributed by atoms with Crippen LogP contribution in [0.2, 0.25) is 0 Å². The fourth-order valence-corrected chi connectivity index (χ4v) is 5.62. The van der Waals surface area contributed by atoms with Crippen molar-refractivity contribution in [1.29, 1.82) is 0 Å². The van der Waals surface area contributed by atoms with Crippen LogP contribution in [0.5, 0.6) is 5.75 Å². The highest BCUT2D eigenvalue weighted by Gasteiger charge is 2.25. The van der Waals surface area contributed by atoms with E-state index in [2.05, 4.69) is 10.3 Å². The van der Waals surface area contributed by atoms with Crippen molar-refractivity contribution in [2.24, 2.45) is 0 Å². The number of sulfonamides is 1. The Morgan fingerprint density at radius 3 is 2.53 bits per heavy atom. The standard InChI is InChI=1S/C26H27N3O4S/c1-4-29(20-10-6-5-7-11-20)34(31,32)21-13-14-24(33-3)23(16-21)28-25(30)15-19-17-27-22-12-8-9-18(2)26(19)22/h5-14,16-17,27H,4,15H2,1-3H3,(H,28,30). The van der Waals surface area contributed by atoms with Crippen molar-refractivity contribution in [3.63, 3.8) is 0 Å². The Morgan fingerprint density at radius 1 is 1.06 bits per heavy atom. The Kier molecular flexibility index (Phi) is 6.61. The zero-order valence-electron chi connectivity index (χ0n) is 19.3. The lowest BCUT2D eigenvalue weighted by atomic mass is 10.1. The number of para-hydroxylation sites is 1. The Hall–Kier alpha value is -3.78. The van der Waals surface area contributed by atoms with Crippen LogP contribution in [0.25, 0.3) is 10.9 Å². The van der Waals surface area contributed by atoms with Crippen LogP contribution in [0.1, 0.15) is 18.1 Å². The third-order valence-electron chi connectivity index (χ3n) is 5.71. The van der Waals surface area contributed by atoms with E-state index in [0.29, 0.717) is 17.1 Å². The lowest BCUT2D eigenvalue weighted by Crippen LogP contribution is -2.30. The number of anilines is 2. The number of H-pyrrole nitrogens is 1. The maximum absolute atomic E-state index is 13.4. The first-order valence-corrected chi connectivity index (χ1v) is 12.4. The normalized spacial score (nSPS) is 11.4. The molecule has 34 heavy (non-hydrogen) atoms. The molecule has 0 saturated carbocycles. The molecule has 0 spiro atoms. The lowest BCUT2D eigenvalue weighted by Gasteiger charge is -2.23. The SMILES string of the molecule is CCN(c1ccccc1)S(=O)(=O)c1ccc(OC)c(NC(=O)Cc2c[nH]c3cccc(C)c23)c1. The summed E-state index contributed by atoms with van der Waals surface area (Å²) in [4.78, 5) is 16.2. The smallest absolute Gasteiger partial charge is 0.264 e. The van der Waals surface area contributed by atoms with Crippen molar-refractivity contribution in [2.45, 2.75) is 25.2 Å². The third kappa shape index (κ3) is 4.49. The molecule has 8 heteroatoms. The first-order chi connectivity index (χ1) is 16.3. The number of aromatic amines is 1. The molecule has 0 atom stereocenters. The van der Waals surface area contributed by atoms with Crippen LogP contribution < -0.4 is 14.4 Å². The molecule has 0 aliphatic heterocycles. The summed E-state index contributed by atoms with van der Waals surface area (Å²) in [5.74, 6) is 0.109. The summed E-state index contributed by atoms with van der Waals surface area (Å²) in [5, 5.41) is 3.85. The monoisotopic (exact) mass is 477 g/mol. The van der Waals surface area contributed by atoms with Gasteiger partial charge in [-0.15, -0.1) is 0 Å². The van der Waals surface area contributed by atoms with Crippen LogP contribution in [0.15, 0.2) is 77.8 Å². The highest BCUT2D eigenvalue weighted by atomic mass is 32.2. The maximum atomic E-state index is 13.4. The molecule has 1 heterocycles. The second-order valence-corrected chi connectivity index (χ2v) is 9.77. The zero-order valence-corrected chi connectivity index (χ0v) is 20.1. The van der Waals surface area contributed by atoms with Crippen LogP contribution >= 0.6 is 0 Å². The van der Waals surface area contributed by atoms with E-state index in [1.165, 1.54) is 23.5 Å². The van der Waals surface area contributed by atoms with Gasteiger partial charge in [0.2, 0.25) is 5.91 Å². The molecule has 4 aromatic rings. The van der Waals surface area contributed by atoms with E-state index in [9.17, 15) is 13.2 Å². The summed E-state index contributed by atoms with van der Waals surface area (Å²) in [6.07, 6.45) is 1.96. The van der Waals surface area contributed by atoms with Crippen LogP contribution in [-0.4, -0.2) is 33.0 Å². The minimum absolute atomic E-state index is 0.0669. The molecular weight excluding hydrogens is 450 g/mol. The van der Waals surface area contributed by atoms with E-state index >= 15 is 0 Å². The summed E-state index contributed by atoms with van der Waals surface area (Å²) in [6.45, 7) is 4.04. The number of ether oxygens (including phenoxy) is 1. The van der Waals surface area contributed by atoms with Crippen LogP contribution in [0, 0.1) is 6.92 Å². The molecule has 0 aliphatic rings. The Morgan fingerprint density at radius 2 is 1.82 bits per heavy atom. The summed E-state index contributed by atoms with van der Waals surface area (Å²) >= 11 is 0. The number of carbonyl (C=O) groups is 1. The van der Waals surface area contributed by atoms with Gasteiger partial charge in [-0.1, -0.05) is 30.3 Å². The van der Waals surface area contributed by atoms with Crippen molar-refractivity contribution in [2.75, 3.05) is 23.3 Å². The largest absolute Gasteiger partial charge is 0.495 e. The summed E-state index contributed by atoms with van der Waals surface area (Å²) in [6, 6.07) is 19.3. The van der Waals surface area contributed by atoms with Crippen LogP contribution in [0.3, 0.4) is 0 Å². The van der Waals surface area contributed by atoms with Gasteiger partial charge in [-0.25, -0.2) is 8.42 Å². The second-order valence-electron chi connectivity index (χ2n) is 7.90. The Balaban J connectivity index is 1.63. The van der Waals surface area contributed by atoms with E-state index < -0.39 is 10.0 Å². The number of nitrogens with zero attached hydrogens (tertiary/aromatic N) is 1. The molecule has 7 nitrogen and oxygen atoms in total. The van der Waals surface area contributed by atoms with E-state index in [1.807, 2.05) is 37.4 Å². The number of aryl methyl sites for hydroxylation is 1. The third-order valence-corrected chi connectivity index (χ3v) is 7.61. The topological polar surface area (TPSA) is 91.5 Å². The number of nitrogens with one attached hydrogen (secondary N) is 2. The molecule has 1 amide bonds. The van der Waals surface area contributed by atoms with E-state index in [0.717, 1.165) is 22.0 Å². The number of rotatable bonds is 8. The van der Waals surface area contributed by atoms with Crippen molar-refractivity contribution in [3.8, 4) is 5.75 Å². The number of benzene rings is 3. The Bertz CT molecular complexity index is 1430. The van der Waals surface area contributed by atoms with Crippen molar-refractivity contribution < 1.29 is 17.9 Å². The zero-order chi connectivity index (χ0) is 24.3. The molecule has 0 radical (unpaired) electrons. The van der Waals surface area contributed by atoms with Gasteiger partial charge in [-0.2, -0.15) is 0 Å². The maximum Gasteiger partial charge on any atom is 0.264 e. The van der Waals surface area contributed by atoms with Gasteiger partial charge in [-0.3, -0.25) is 9.10 Å². The molecule has 4 rings (SSSR count). The van der Waals surface area contributed by atoms with Gasteiger partial charge in [0.1, 0.15) is 5.75 Å². The second kappa shape index (κ2) is 9.61. The van der Waals surface area contributed by atoms with Crippen LogP contribution in [0.4, 0.5) is 11.4 Å². The molecule has 176 valence electrons. The molecular formula is C26H27N3O4S. The lowest BCUT2D eigenvalue weighted by molar-refractivity contribution is -0.115. The predicted molar refractivity (Wildman–Crippen MR) is 135 cm³/mol. The number of methoxy groups -OCH3 is 1.